The molecule has 1 aliphatic heterocycles. The molecule has 0 saturated carbocycles. The van der Waals surface area contributed by atoms with Crippen molar-refractivity contribution in [3.8, 4) is 0 Å². The Kier molecular flexibility index (Phi) is 5.97. The lowest BCUT2D eigenvalue weighted by atomic mass is 10.0. The molecule has 1 atom stereocenters. The summed E-state index contributed by atoms with van der Waals surface area (Å²) in [7, 11) is 1.14. The van der Waals surface area contributed by atoms with Gasteiger partial charge in [0.15, 0.2) is 0 Å². The molecular formula is C20H19F3N2O5. The Balaban J connectivity index is 1.89. The van der Waals surface area contributed by atoms with E-state index >= 15 is 0 Å². The third-order valence-corrected chi connectivity index (χ3v) is 4.91. The van der Waals surface area contributed by atoms with Crippen molar-refractivity contribution >= 4 is 17.3 Å². The van der Waals surface area contributed by atoms with Gasteiger partial charge in [0.05, 0.1) is 24.2 Å². The summed E-state index contributed by atoms with van der Waals surface area (Å²) in [6, 6.07) is 7.74. The number of methoxy groups -OCH3 is 1. The lowest BCUT2D eigenvalue weighted by Gasteiger charge is -2.35. The van der Waals surface area contributed by atoms with Gasteiger partial charge in [-0.15, -0.1) is 0 Å². The smallest absolute Gasteiger partial charge is 0.416 e. The van der Waals surface area contributed by atoms with Gasteiger partial charge in [-0.3, -0.25) is 10.1 Å². The average molecular weight is 424 g/mol. The van der Waals surface area contributed by atoms with E-state index in [1.165, 1.54) is 25.1 Å². The largest absolute Gasteiger partial charge is 0.465 e. The molecule has 0 spiro atoms. The Morgan fingerprint density at radius 3 is 2.50 bits per heavy atom. The van der Waals surface area contributed by atoms with Crippen LogP contribution in [-0.2, 0) is 15.7 Å². The maximum atomic E-state index is 12.8. The number of hydrogen-bond acceptors (Lipinski definition) is 6. The standard InChI is InChI=1S/C20H19F3N2O5/c1-12-9-15(10-16(19(26)29-2)18(12)25(27)28)24-7-8-30-17(11-24)13-3-5-14(6-4-13)20(21,22)23/h3-6,9-10,17H,7-8,11H2,1-2H3. The predicted molar refractivity (Wildman–Crippen MR) is 102 cm³/mol. The van der Waals surface area contributed by atoms with E-state index in [2.05, 4.69) is 4.74 Å². The van der Waals surface area contributed by atoms with Crippen LogP contribution >= 0.6 is 0 Å². The second kappa shape index (κ2) is 8.31. The average Bonchev–Trinajstić information content (AvgIpc) is 2.71. The van der Waals surface area contributed by atoms with E-state index < -0.39 is 28.7 Å². The molecule has 0 N–H and O–H groups in total. The summed E-state index contributed by atoms with van der Waals surface area (Å²) in [6.07, 6.45) is -4.91. The van der Waals surface area contributed by atoms with Crippen LogP contribution in [0.4, 0.5) is 24.5 Å². The number of carbonyl (C=O) groups excluding carboxylic acids is 1. The number of ether oxygens (including phenoxy) is 2. The second-order valence-electron chi connectivity index (χ2n) is 6.83. The lowest BCUT2D eigenvalue weighted by Crippen LogP contribution is -2.38. The first kappa shape index (κ1) is 21.6. The zero-order valence-corrected chi connectivity index (χ0v) is 16.2. The van der Waals surface area contributed by atoms with Crippen LogP contribution in [0.5, 0.6) is 0 Å². The molecule has 0 bridgehead atoms. The van der Waals surface area contributed by atoms with Crippen molar-refractivity contribution in [1.82, 2.24) is 0 Å². The summed E-state index contributed by atoms with van der Waals surface area (Å²) in [4.78, 5) is 24.7. The van der Waals surface area contributed by atoms with Crippen LogP contribution in [0.3, 0.4) is 0 Å². The van der Waals surface area contributed by atoms with Gasteiger partial charge in [0.25, 0.3) is 5.69 Å². The molecule has 30 heavy (non-hydrogen) atoms. The fourth-order valence-electron chi connectivity index (χ4n) is 3.42. The number of nitro benzene ring substituents is 1. The molecular weight excluding hydrogens is 405 g/mol. The van der Waals surface area contributed by atoms with Crippen LogP contribution in [0.25, 0.3) is 0 Å². The first-order chi connectivity index (χ1) is 14.1. The Morgan fingerprint density at radius 1 is 1.27 bits per heavy atom. The Morgan fingerprint density at radius 2 is 1.93 bits per heavy atom. The highest BCUT2D eigenvalue weighted by Crippen LogP contribution is 2.34. The van der Waals surface area contributed by atoms with Gasteiger partial charge in [0, 0.05) is 24.3 Å². The fraction of sp³-hybridized carbons (Fsp3) is 0.350. The van der Waals surface area contributed by atoms with Crippen molar-refractivity contribution in [2.75, 3.05) is 31.7 Å². The van der Waals surface area contributed by atoms with E-state index in [0.717, 1.165) is 19.2 Å². The SMILES string of the molecule is COC(=O)c1cc(N2CCOC(c3ccc(C(F)(F)F)cc3)C2)cc(C)c1[N+](=O)[O-]. The third-order valence-electron chi connectivity index (χ3n) is 4.91. The fourth-order valence-corrected chi connectivity index (χ4v) is 3.42. The normalized spacial score (nSPS) is 17.0. The van der Waals surface area contributed by atoms with Gasteiger partial charge in [0.1, 0.15) is 11.7 Å². The van der Waals surface area contributed by atoms with Crippen molar-refractivity contribution < 1.29 is 32.4 Å². The summed E-state index contributed by atoms with van der Waals surface area (Å²) >= 11 is 0. The van der Waals surface area contributed by atoms with E-state index in [1.54, 1.807) is 6.07 Å². The molecule has 0 aliphatic carbocycles. The number of alkyl halides is 3. The van der Waals surface area contributed by atoms with Gasteiger partial charge in [-0.05, 0) is 36.8 Å². The highest BCUT2D eigenvalue weighted by Gasteiger charge is 2.31. The number of carbonyl (C=O) groups is 1. The minimum Gasteiger partial charge on any atom is -0.465 e. The predicted octanol–water partition coefficient (Wildman–Crippen LogP) is 4.29. The number of esters is 1. The van der Waals surface area contributed by atoms with Crippen molar-refractivity contribution in [2.45, 2.75) is 19.2 Å². The molecule has 1 saturated heterocycles. The van der Waals surface area contributed by atoms with Crippen molar-refractivity contribution in [3.63, 3.8) is 0 Å². The molecule has 1 heterocycles. The first-order valence-electron chi connectivity index (χ1n) is 9.03. The zero-order chi connectivity index (χ0) is 22.1. The van der Waals surface area contributed by atoms with E-state index in [1.807, 2.05) is 4.90 Å². The lowest BCUT2D eigenvalue weighted by molar-refractivity contribution is -0.385. The van der Waals surface area contributed by atoms with Crippen molar-refractivity contribution in [1.29, 1.82) is 0 Å². The van der Waals surface area contributed by atoms with Gasteiger partial charge in [-0.2, -0.15) is 13.2 Å². The molecule has 0 amide bonds. The van der Waals surface area contributed by atoms with Crippen molar-refractivity contribution in [2.24, 2.45) is 0 Å². The molecule has 0 aromatic heterocycles. The number of morpholine rings is 1. The number of rotatable bonds is 4. The quantitative estimate of drug-likeness (QED) is 0.414. The maximum Gasteiger partial charge on any atom is 0.416 e. The Hall–Kier alpha value is -3.14. The highest BCUT2D eigenvalue weighted by atomic mass is 19.4. The van der Waals surface area contributed by atoms with Gasteiger partial charge >= 0.3 is 12.1 Å². The number of benzene rings is 2. The van der Waals surface area contributed by atoms with Crippen LogP contribution in [0.15, 0.2) is 36.4 Å². The van der Waals surface area contributed by atoms with E-state index in [-0.39, 0.29) is 11.3 Å². The van der Waals surface area contributed by atoms with Crippen LogP contribution in [-0.4, -0.2) is 37.7 Å². The Bertz CT molecular complexity index is 960. The molecule has 160 valence electrons. The number of anilines is 1. The molecule has 1 unspecified atom stereocenters. The highest BCUT2D eigenvalue weighted by molar-refractivity contribution is 5.96. The molecule has 2 aromatic carbocycles. The van der Waals surface area contributed by atoms with Gasteiger partial charge < -0.3 is 14.4 Å². The molecule has 10 heteroatoms. The maximum absolute atomic E-state index is 12.8. The van der Waals surface area contributed by atoms with Crippen LogP contribution in [0.2, 0.25) is 0 Å². The summed E-state index contributed by atoms with van der Waals surface area (Å²) < 4.78 is 48.7. The summed E-state index contributed by atoms with van der Waals surface area (Å²) in [5.41, 5.74) is 0.231. The third kappa shape index (κ3) is 4.38. The molecule has 2 aromatic rings. The van der Waals surface area contributed by atoms with Gasteiger partial charge in [-0.1, -0.05) is 12.1 Å². The van der Waals surface area contributed by atoms with Crippen molar-refractivity contribution in [3.05, 3.63) is 68.8 Å². The van der Waals surface area contributed by atoms with Gasteiger partial charge in [-0.25, -0.2) is 4.79 Å². The monoisotopic (exact) mass is 424 g/mol. The van der Waals surface area contributed by atoms with E-state index in [9.17, 15) is 28.1 Å². The first-order valence-corrected chi connectivity index (χ1v) is 9.03. The second-order valence-corrected chi connectivity index (χ2v) is 6.83. The van der Waals surface area contributed by atoms with Crippen LogP contribution in [0, 0.1) is 17.0 Å². The van der Waals surface area contributed by atoms with Crippen LogP contribution < -0.4 is 4.90 Å². The van der Waals surface area contributed by atoms with E-state index in [4.69, 9.17) is 4.74 Å². The molecule has 1 fully saturated rings. The summed E-state index contributed by atoms with van der Waals surface area (Å²) in [5.74, 6) is -0.820. The zero-order valence-electron chi connectivity index (χ0n) is 16.2. The molecule has 0 radical (unpaired) electrons. The topological polar surface area (TPSA) is 81.9 Å². The molecule has 1 aliphatic rings. The number of nitro groups is 1. The number of halogens is 3. The number of nitrogens with zero attached hydrogens (tertiary/aromatic N) is 2. The molecule has 3 rings (SSSR count). The van der Waals surface area contributed by atoms with Gasteiger partial charge in [0.2, 0.25) is 0 Å². The molecule has 7 nitrogen and oxygen atoms in total. The number of aryl methyl sites for hydroxylation is 1. The van der Waals surface area contributed by atoms with E-state index in [0.29, 0.717) is 36.5 Å². The minimum absolute atomic E-state index is 0.157. The van der Waals surface area contributed by atoms with Crippen LogP contribution in [0.1, 0.15) is 33.2 Å². The Labute approximate surface area is 170 Å². The number of hydrogen-bond donors (Lipinski definition) is 0. The minimum atomic E-state index is -4.42. The summed E-state index contributed by atoms with van der Waals surface area (Å²) in [5, 5.41) is 11.4. The summed E-state index contributed by atoms with van der Waals surface area (Å²) in [6.45, 7) is 2.59.